The summed E-state index contributed by atoms with van der Waals surface area (Å²) in [5.74, 6) is -0.422. The lowest BCUT2D eigenvalue weighted by Gasteiger charge is -2.17. The van der Waals surface area contributed by atoms with E-state index in [1.165, 1.54) is 0 Å². The predicted molar refractivity (Wildman–Crippen MR) is 49.9 cm³/mol. The Kier molecular flexibility index (Phi) is 2.55. The fourth-order valence-electron chi connectivity index (χ4n) is 1.19. The average Bonchev–Trinajstić information content (AvgIpc) is 2.30. The first-order valence-corrected chi connectivity index (χ1v) is 4.50. The molecule has 0 spiro atoms. The Balaban J connectivity index is 2.83. The SMILES string of the molecule is CCC(C)(C)/C=C1/CC(=O)NC1=O. The van der Waals surface area contributed by atoms with Crippen LogP contribution in [0.4, 0.5) is 0 Å². The van der Waals surface area contributed by atoms with Gasteiger partial charge in [0, 0.05) is 5.57 Å². The first kappa shape index (κ1) is 9.96. The van der Waals surface area contributed by atoms with Crippen molar-refractivity contribution in [1.29, 1.82) is 0 Å². The third kappa shape index (κ3) is 2.41. The number of hydrogen-bond acceptors (Lipinski definition) is 2. The zero-order valence-electron chi connectivity index (χ0n) is 8.31. The molecule has 0 aromatic heterocycles. The number of rotatable bonds is 2. The van der Waals surface area contributed by atoms with E-state index in [-0.39, 0.29) is 23.7 Å². The first-order chi connectivity index (χ1) is 5.94. The van der Waals surface area contributed by atoms with Gasteiger partial charge in [0.15, 0.2) is 0 Å². The molecule has 2 amide bonds. The Morgan fingerprint density at radius 3 is 2.46 bits per heavy atom. The average molecular weight is 181 g/mol. The Bertz CT molecular complexity index is 277. The fraction of sp³-hybridized carbons (Fsp3) is 0.600. The molecule has 1 aliphatic rings. The summed E-state index contributed by atoms with van der Waals surface area (Å²) < 4.78 is 0. The van der Waals surface area contributed by atoms with Gasteiger partial charge in [0.1, 0.15) is 0 Å². The Morgan fingerprint density at radius 2 is 2.08 bits per heavy atom. The summed E-state index contributed by atoms with van der Waals surface area (Å²) in [6, 6.07) is 0. The molecule has 3 nitrogen and oxygen atoms in total. The molecule has 1 rings (SSSR count). The van der Waals surface area contributed by atoms with Crippen molar-refractivity contribution >= 4 is 11.8 Å². The molecule has 0 radical (unpaired) electrons. The van der Waals surface area contributed by atoms with Crippen LogP contribution in [0.25, 0.3) is 0 Å². The van der Waals surface area contributed by atoms with E-state index < -0.39 is 0 Å². The van der Waals surface area contributed by atoms with E-state index in [9.17, 15) is 9.59 Å². The van der Waals surface area contributed by atoms with Gasteiger partial charge in [-0.3, -0.25) is 14.9 Å². The van der Waals surface area contributed by atoms with E-state index in [2.05, 4.69) is 26.1 Å². The zero-order chi connectivity index (χ0) is 10.1. The lowest BCUT2D eigenvalue weighted by Crippen LogP contribution is -2.20. The highest BCUT2D eigenvalue weighted by atomic mass is 16.2. The predicted octanol–water partition coefficient (Wildman–Crippen LogP) is 1.40. The highest BCUT2D eigenvalue weighted by Crippen LogP contribution is 2.25. The quantitative estimate of drug-likeness (QED) is 0.517. The van der Waals surface area contributed by atoms with Crippen molar-refractivity contribution in [2.75, 3.05) is 0 Å². The Morgan fingerprint density at radius 1 is 1.46 bits per heavy atom. The van der Waals surface area contributed by atoms with Crippen molar-refractivity contribution in [2.45, 2.75) is 33.6 Å². The van der Waals surface area contributed by atoms with Crippen LogP contribution in [-0.2, 0) is 9.59 Å². The zero-order valence-corrected chi connectivity index (χ0v) is 8.31. The van der Waals surface area contributed by atoms with Crippen LogP contribution in [0, 0.1) is 5.41 Å². The molecule has 0 aromatic rings. The van der Waals surface area contributed by atoms with Crippen LogP contribution in [-0.4, -0.2) is 11.8 Å². The van der Waals surface area contributed by atoms with Gasteiger partial charge in [-0.15, -0.1) is 0 Å². The van der Waals surface area contributed by atoms with Gasteiger partial charge < -0.3 is 0 Å². The van der Waals surface area contributed by atoms with Crippen LogP contribution in [0.3, 0.4) is 0 Å². The summed E-state index contributed by atoms with van der Waals surface area (Å²) in [7, 11) is 0. The molecule has 1 N–H and O–H groups in total. The Hall–Kier alpha value is -1.12. The fourth-order valence-corrected chi connectivity index (χ4v) is 1.19. The standard InChI is InChI=1S/C10H15NO2/c1-4-10(2,3)6-7-5-8(12)11-9(7)13/h6H,4-5H2,1-3H3,(H,11,12,13)/b7-6-. The second kappa shape index (κ2) is 3.32. The molecule has 1 saturated heterocycles. The lowest BCUT2D eigenvalue weighted by atomic mass is 9.87. The molecular formula is C10H15NO2. The van der Waals surface area contributed by atoms with Gasteiger partial charge in [-0.25, -0.2) is 0 Å². The third-order valence-electron chi connectivity index (χ3n) is 2.37. The largest absolute Gasteiger partial charge is 0.292 e. The minimum atomic E-state index is -0.230. The smallest absolute Gasteiger partial charge is 0.253 e. The summed E-state index contributed by atoms with van der Waals surface area (Å²) in [4.78, 5) is 22.0. The van der Waals surface area contributed by atoms with E-state index in [0.717, 1.165) is 6.42 Å². The second-order valence-electron chi connectivity index (χ2n) is 4.07. The molecule has 13 heavy (non-hydrogen) atoms. The number of amides is 2. The van der Waals surface area contributed by atoms with Gasteiger partial charge in [-0.2, -0.15) is 0 Å². The topological polar surface area (TPSA) is 46.2 Å². The minimum Gasteiger partial charge on any atom is -0.292 e. The van der Waals surface area contributed by atoms with Crippen molar-refractivity contribution in [1.82, 2.24) is 5.32 Å². The van der Waals surface area contributed by atoms with E-state index >= 15 is 0 Å². The maximum Gasteiger partial charge on any atom is 0.253 e. The van der Waals surface area contributed by atoms with Gasteiger partial charge in [-0.1, -0.05) is 26.8 Å². The van der Waals surface area contributed by atoms with Crippen LogP contribution in [0.2, 0.25) is 0 Å². The molecule has 1 fully saturated rings. The highest BCUT2D eigenvalue weighted by Gasteiger charge is 2.26. The maximum absolute atomic E-state index is 11.2. The summed E-state index contributed by atoms with van der Waals surface area (Å²) in [6.45, 7) is 6.16. The number of imide groups is 1. The summed E-state index contributed by atoms with van der Waals surface area (Å²) in [5, 5.41) is 2.27. The van der Waals surface area contributed by atoms with Crippen molar-refractivity contribution in [3.8, 4) is 0 Å². The molecule has 0 bridgehead atoms. The highest BCUT2D eigenvalue weighted by molar-refractivity contribution is 6.13. The molecule has 0 aromatic carbocycles. The van der Waals surface area contributed by atoms with Crippen molar-refractivity contribution in [2.24, 2.45) is 5.41 Å². The Labute approximate surface area is 78.2 Å². The van der Waals surface area contributed by atoms with Crippen molar-refractivity contribution < 1.29 is 9.59 Å². The number of carbonyl (C=O) groups excluding carboxylic acids is 2. The number of nitrogens with one attached hydrogen (secondary N) is 1. The van der Waals surface area contributed by atoms with E-state index in [0.29, 0.717) is 5.57 Å². The molecule has 0 saturated carbocycles. The van der Waals surface area contributed by atoms with Gasteiger partial charge in [0.25, 0.3) is 5.91 Å². The normalized spacial score (nSPS) is 21.0. The lowest BCUT2D eigenvalue weighted by molar-refractivity contribution is -0.124. The van der Waals surface area contributed by atoms with Crippen LogP contribution in [0.1, 0.15) is 33.6 Å². The molecular weight excluding hydrogens is 166 g/mol. The first-order valence-electron chi connectivity index (χ1n) is 4.50. The van der Waals surface area contributed by atoms with Crippen molar-refractivity contribution in [3.05, 3.63) is 11.6 Å². The van der Waals surface area contributed by atoms with Crippen LogP contribution < -0.4 is 5.32 Å². The van der Waals surface area contributed by atoms with Crippen LogP contribution in [0.15, 0.2) is 11.6 Å². The number of allylic oxidation sites excluding steroid dienone is 1. The number of hydrogen-bond donors (Lipinski definition) is 1. The van der Waals surface area contributed by atoms with Gasteiger partial charge in [0.05, 0.1) is 6.42 Å². The van der Waals surface area contributed by atoms with Gasteiger partial charge in [-0.05, 0) is 11.8 Å². The summed E-state index contributed by atoms with van der Waals surface area (Å²) in [5.41, 5.74) is 0.606. The summed E-state index contributed by atoms with van der Waals surface area (Å²) >= 11 is 0. The molecule has 1 heterocycles. The third-order valence-corrected chi connectivity index (χ3v) is 2.37. The molecule has 1 aliphatic heterocycles. The van der Waals surface area contributed by atoms with Crippen LogP contribution >= 0.6 is 0 Å². The van der Waals surface area contributed by atoms with E-state index in [4.69, 9.17) is 0 Å². The second-order valence-corrected chi connectivity index (χ2v) is 4.07. The maximum atomic E-state index is 11.2. The molecule has 72 valence electrons. The molecule has 0 atom stereocenters. The van der Waals surface area contributed by atoms with Crippen molar-refractivity contribution in [3.63, 3.8) is 0 Å². The minimum absolute atomic E-state index is 0.00269. The monoisotopic (exact) mass is 181 g/mol. The summed E-state index contributed by atoms with van der Waals surface area (Å²) in [6.07, 6.45) is 3.09. The number of carbonyl (C=O) groups is 2. The van der Waals surface area contributed by atoms with E-state index in [1.807, 2.05) is 6.08 Å². The van der Waals surface area contributed by atoms with Gasteiger partial charge >= 0.3 is 0 Å². The van der Waals surface area contributed by atoms with E-state index in [1.54, 1.807) is 0 Å². The molecule has 0 unspecified atom stereocenters. The van der Waals surface area contributed by atoms with Crippen LogP contribution in [0.5, 0.6) is 0 Å². The molecule has 3 heteroatoms. The molecule has 0 aliphatic carbocycles. The van der Waals surface area contributed by atoms with Gasteiger partial charge in [0.2, 0.25) is 5.91 Å².